The van der Waals surface area contributed by atoms with E-state index in [2.05, 4.69) is 9.82 Å². The molecule has 3 aromatic rings. The van der Waals surface area contributed by atoms with Gasteiger partial charge in [-0.2, -0.15) is 5.10 Å². The summed E-state index contributed by atoms with van der Waals surface area (Å²) >= 11 is 0. The summed E-state index contributed by atoms with van der Waals surface area (Å²) in [4.78, 5) is 0. The van der Waals surface area contributed by atoms with E-state index in [-0.39, 0.29) is 11.8 Å². The van der Waals surface area contributed by atoms with E-state index in [1.807, 2.05) is 61.7 Å². The number of hydrogen-bond acceptors (Lipinski definition) is 4. The largest absolute Gasteiger partial charge is 0.493 e. The summed E-state index contributed by atoms with van der Waals surface area (Å²) in [5.74, 6) is 0.953. The third-order valence-corrected chi connectivity index (χ3v) is 6.38. The van der Waals surface area contributed by atoms with Crippen molar-refractivity contribution in [3.63, 3.8) is 0 Å². The Balaban J connectivity index is 1.45. The van der Waals surface area contributed by atoms with Crippen molar-refractivity contribution < 1.29 is 13.2 Å². The molecule has 6 nitrogen and oxygen atoms in total. The van der Waals surface area contributed by atoms with Crippen molar-refractivity contribution in [1.82, 2.24) is 14.5 Å². The van der Waals surface area contributed by atoms with Gasteiger partial charge in [0.25, 0.3) is 0 Å². The highest BCUT2D eigenvalue weighted by atomic mass is 32.2. The van der Waals surface area contributed by atoms with E-state index in [0.717, 1.165) is 34.5 Å². The molecule has 1 atom stereocenters. The zero-order chi connectivity index (χ0) is 19.6. The molecule has 1 N–H and O–H groups in total. The third-order valence-electron chi connectivity index (χ3n) is 4.92. The van der Waals surface area contributed by atoms with Crippen molar-refractivity contribution in [1.29, 1.82) is 0 Å². The lowest BCUT2D eigenvalue weighted by Gasteiger charge is -2.18. The molecule has 4 rings (SSSR count). The van der Waals surface area contributed by atoms with Gasteiger partial charge in [-0.15, -0.1) is 0 Å². The van der Waals surface area contributed by atoms with Crippen molar-refractivity contribution in [2.75, 3.05) is 12.4 Å². The average Bonchev–Trinajstić information content (AvgIpc) is 3.37. The molecular formula is C21H23N3O3S. The van der Waals surface area contributed by atoms with Crippen LogP contribution < -0.4 is 9.46 Å². The van der Waals surface area contributed by atoms with E-state index in [1.54, 1.807) is 10.9 Å². The highest BCUT2D eigenvalue weighted by Crippen LogP contribution is 2.26. The second-order valence-electron chi connectivity index (χ2n) is 6.96. The van der Waals surface area contributed by atoms with Gasteiger partial charge in [0.2, 0.25) is 10.0 Å². The Morgan fingerprint density at radius 3 is 2.89 bits per heavy atom. The first-order chi connectivity index (χ1) is 13.5. The second-order valence-corrected chi connectivity index (χ2v) is 8.83. The fourth-order valence-electron chi connectivity index (χ4n) is 3.51. The molecule has 146 valence electrons. The van der Waals surface area contributed by atoms with Crippen LogP contribution in [0.25, 0.3) is 5.69 Å². The number of sulfonamides is 1. The van der Waals surface area contributed by atoms with Gasteiger partial charge in [0, 0.05) is 24.9 Å². The molecule has 0 fully saturated rings. The number of para-hydroxylation sites is 1. The molecular weight excluding hydrogens is 374 g/mol. The molecule has 0 saturated heterocycles. The quantitative estimate of drug-likeness (QED) is 0.665. The number of nitrogens with one attached hydrogen (secondary N) is 1. The summed E-state index contributed by atoms with van der Waals surface area (Å²) in [6, 6.07) is 15.1. The van der Waals surface area contributed by atoms with Gasteiger partial charge in [-0.3, -0.25) is 0 Å². The van der Waals surface area contributed by atoms with Gasteiger partial charge in [0.05, 0.1) is 18.0 Å². The van der Waals surface area contributed by atoms with Crippen molar-refractivity contribution in [3.05, 3.63) is 77.6 Å². The number of fused-ring (bicyclic) bond motifs is 1. The van der Waals surface area contributed by atoms with Gasteiger partial charge in [-0.1, -0.05) is 30.3 Å². The van der Waals surface area contributed by atoms with Crippen LogP contribution in [0, 0.1) is 0 Å². The Bertz CT molecular complexity index is 1060. The van der Waals surface area contributed by atoms with Gasteiger partial charge in [-0.05, 0) is 48.2 Å². The van der Waals surface area contributed by atoms with Gasteiger partial charge < -0.3 is 4.74 Å². The zero-order valence-corrected chi connectivity index (χ0v) is 16.5. The summed E-state index contributed by atoms with van der Waals surface area (Å²) in [7, 11) is -3.44. The normalized spacial score (nSPS) is 14.5. The molecule has 28 heavy (non-hydrogen) atoms. The molecule has 7 heteroatoms. The second kappa shape index (κ2) is 7.77. The minimum absolute atomic E-state index is 0.0426. The van der Waals surface area contributed by atoms with E-state index in [4.69, 9.17) is 4.74 Å². The molecule has 0 spiro atoms. The van der Waals surface area contributed by atoms with Gasteiger partial charge >= 0.3 is 0 Å². The smallest absolute Gasteiger partial charge is 0.212 e. The molecule has 0 bridgehead atoms. The Kier molecular flexibility index (Phi) is 5.19. The number of rotatable bonds is 7. The summed E-state index contributed by atoms with van der Waals surface area (Å²) in [5, 5.41) is 4.26. The van der Waals surface area contributed by atoms with Gasteiger partial charge in [0.1, 0.15) is 5.75 Å². The number of aryl methyl sites for hydroxylation is 1. The highest BCUT2D eigenvalue weighted by Gasteiger charge is 2.19. The standard InChI is InChI=1S/C21H23N3O3S/c1-16(19-5-2-3-6-20(19)24-12-4-11-22-24)23-28(25,26)14-10-17-7-8-21-18(15-17)9-13-27-21/h2-8,11-12,15-16,23H,9-10,13-14H2,1H3. The van der Waals surface area contributed by atoms with Crippen molar-refractivity contribution in [2.24, 2.45) is 0 Å². The predicted molar refractivity (Wildman–Crippen MR) is 108 cm³/mol. The van der Waals surface area contributed by atoms with Crippen LogP contribution in [-0.2, 0) is 22.9 Å². The Morgan fingerprint density at radius 1 is 1.21 bits per heavy atom. The molecule has 1 aromatic heterocycles. The fraction of sp³-hybridized carbons (Fsp3) is 0.286. The highest BCUT2D eigenvalue weighted by molar-refractivity contribution is 7.89. The first-order valence-electron chi connectivity index (χ1n) is 9.35. The topological polar surface area (TPSA) is 73.2 Å². The Hall–Kier alpha value is -2.64. The molecule has 1 aliphatic heterocycles. The van der Waals surface area contributed by atoms with Gasteiger partial charge in [0.15, 0.2) is 0 Å². The summed E-state index contributed by atoms with van der Waals surface area (Å²) in [5.41, 5.74) is 3.91. The predicted octanol–water partition coefficient (Wildman–Crippen LogP) is 3.03. The average molecular weight is 398 g/mol. The molecule has 0 radical (unpaired) electrons. The van der Waals surface area contributed by atoms with Crippen LogP contribution in [0.15, 0.2) is 60.9 Å². The number of hydrogen-bond donors (Lipinski definition) is 1. The van der Waals surface area contributed by atoms with E-state index in [9.17, 15) is 8.42 Å². The number of aromatic nitrogens is 2. The van der Waals surface area contributed by atoms with Crippen LogP contribution in [-0.4, -0.2) is 30.6 Å². The Labute approximate surface area is 165 Å². The van der Waals surface area contributed by atoms with Crippen LogP contribution in [0.1, 0.15) is 29.7 Å². The summed E-state index contributed by atoms with van der Waals surface area (Å²) in [6.45, 7) is 2.55. The van der Waals surface area contributed by atoms with Crippen molar-refractivity contribution in [3.8, 4) is 11.4 Å². The number of ether oxygens (including phenoxy) is 1. The number of benzene rings is 2. The van der Waals surface area contributed by atoms with E-state index < -0.39 is 10.0 Å². The molecule has 2 heterocycles. The minimum Gasteiger partial charge on any atom is -0.493 e. The lowest BCUT2D eigenvalue weighted by Crippen LogP contribution is -2.30. The molecule has 1 aliphatic rings. The fourth-order valence-corrected chi connectivity index (χ4v) is 4.80. The van der Waals surface area contributed by atoms with Crippen molar-refractivity contribution in [2.45, 2.75) is 25.8 Å². The molecule has 0 saturated carbocycles. The lowest BCUT2D eigenvalue weighted by molar-refractivity contribution is 0.357. The SMILES string of the molecule is CC(NS(=O)(=O)CCc1ccc2c(c1)CCO2)c1ccccc1-n1cccn1. The van der Waals surface area contributed by atoms with Gasteiger partial charge in [-0.25, -0.2) is 17.8 Å². The molecule has 2 aromatic carbocycles. The molecule has 0 amide bonds. The first kappa shape index (κ1) is 18.7. The zero-order valence-electron chi connectivity index (χ0n) is 15.7. The maximum atomic E-state index is 12.7. The Morgan fingerprint density at radius 2 is 2.07 bits per heavy atom. The van der Waals surface area contributed by atoms with Crippen LogP contribution in [0.4, 0.5) is 0 Å². The van der Waals surface area contributed by atoms with E-state index >= 15 is 0 Å². The van der Waals surface area contributed by atoms with E-state index in [0.29, 0.717) is 13.0 Å². The van der Waals surface area contributed by atoms with Crippen LogP contribution in [0.2, 0.25) is 0 Å². The van der Waals surface area contributed by atoms with Crippen LogP contribution >= 0.6 is 0 Å². The molecule has 0 aliphatic carbocycles. The first-order valence-corrected chi connectivity index (χ1v) is 11.0. The summed E-state index contributed by atoms with van der Waals surface area (Å²) in [6.07, 6.45) is 4.90. The van der Waals surface area contributed by atoms with Crippen LogP contribution in [0.3, 0.4) is 0 Å². The maximum Gasteiger partial charge on any atom is 0.212 e. The number of nitrogens with zero attached hydrogens (tertiary/aromatic N) is 2. The molecule has 1 unspecified atom stereocenters. The maximum absolute atomic E-state index is 12.7. The summed E-state index contributed by atoms with van der Waals surface area (Å²) < 4.78 is 35.4. The lowest BCUT2D eigenvalue weighted by atomic mass is 10.1. The van der Waals surface area contributed by atoms with Crippen molar-refractivity contribution >= 4 is 10.0 Å². The third kappa shape index (κ3) is 4.10. The monoisotopic (exact) mass is 397 g/mol. The van der Waals surface area contributed by atoms with E-state index in [1.165, 1.54) is 0 Å². The minimum atomic E-state index is -3.44. The van der Waals surface area contributed by atoms with Crippen LogP contribution in [0.5, 0.6) is 5.75 Å².